The molecule has 6 nitrogen and oxygen atoms in total. The Morgan fingerprint density at radius 2 is 1.78 bits per heavy atom. The van der Waals surface area contributed by atoms with Crippen LogP contribution in [0, 0.1) is 0 Å². The lowest BCUT2D eigenvalue weighted by Crippen LogP contribution is -2.52. The summed E-state index contributed by atoms with van der Waals surface area (Å²) in [4.78, 5) is 10.9. The lowest BCUT2D eigenvalue weighted by molar-refractivity contribution is -0.0445. The average molecular weight is 340 g/mol. The van der Waals surface area contributed by atoms with Crippen LogP contribution in [-0.4, -0.2) is 51.0 Å². The van der Waals surface area contributed by atoms with Gasteiger partial charge in [0.05, 0.1) is 11.5 Å². The summed E-state index contributed by atoms with van der Waals surface area (Å²) in [6.07, 6.45) is 2.00. The van der Waals surface area contributed by atoms with Crippen LogP contribution in [0.5, 0.6) is 0 Å². The second kappa shape index (κ2) is 7.53. The number of hydrogen-bond donors (Lipinski definition) is 1. The Morgan fingerprint density at radius 3 is 2.26 bits per heavy atom. The van der Waals surface area contributed by atoms with E-state index in [0.717, 1.165) is 6.54 Å². The molecule has 2 saturated heterocycles. The number of nitrogens with one attached hydrogen (secondary N) is 1. The zero-order chi connectivity index (χ0) is 16.9. The van der Waals surface area contributed by atoms with Crippen molar-refractivity contribution in [3.63, 3.8) is 0 Å². The molecule has 7 heteroatoms. The van der Waals surface area contributed by atoms with Crippen LogP contribution in [0.3, 0.4) is 0 Å². The Morgan fingerprint density at radius 1 is 1.17 bits per heavy atom. The lowest BCUT2D eigenvalue weighted by Gasteiger charge is -2.37. The summed E-state index contributed by atoms with van der Waals surface area (Å²) in [5, 5.41) is 3.32. The molecule has 2 fully saturated rings. The van der Waals surface area contributed by atoms with Crippen molar-refractivity contribution in [2.24, 2.45) is 0 Å². The molecule has 0 bridgehead atoms. The predicted molar refractivity (Wildman–Crippen MR) is 87.9 cm³/mol. The second-order valence-electron chi connectivity index (χ2n) is 5.36. The SMILES string of the molecule is CC.O=Cc1ccc(S(=O)(=O)N2CCC3(CC2)NCCO3)cc1. The average Bonchev–Trinajstić information content (AvgIpc) is 3.05. The van der Waals surface area contributed by atoms with Crippen molar-refractivity contribution in [1.29, 1.82) is 0 Å². The van der Waals surface area contributed by atoms with Gasteiger partial charge in [-0.3, -0.25) is 10.1 Å². The molecule has 0 aliphatic carbocycles. The molecular weight excluding hydrogens is 316 g/mol. The molecule has 1 aromatic carbocycles. The number of benzene rings is 1. The Kier molecular flexibility index (Phi) is 5.91. The van der Waals surface area contributed by atoms with E-state index < -0.39 is 10.0 Å². The highest BCUT2D eigenvalue weighted by Crippen LogP contribution is 2.29. The summed E-state index contributed by atoms with van der Waals surface area (Å²) in [6.45, 7) is 6.37. The van der Waals surface area contributed by atoms with E-state index in [-0.39, 0.29) is 10.6 Å². The highest BCUT2D eigenvalue weighted by molar-refractivity contribution is 7.89. The summed E-state index contributed by atoms with van der Waals surface area (Å²) in [7, 11) is -3.50. The fourth-order valence-electron chi connectivity index (χ4n) is 2.85. The molecule has 128 valence electrons. The van der Waals surface area contributed by atoms with Crippen LogP contribution in [-0.2, 0) is 14.8 Å². The Bertz CT molecular complexity index is 612. The molecule has 2 aliphatic rings. The molecule has 0 saturated carbocycles. The number of carbonyl (C=O) groups excluding carboxylic acids is 1. The van der Waals surface area contributed by atoms with Gasteiger partial charge in [-0.25, -0.2) is 8.42 Å². The topological polar surface area (TPSA) is 75.7 Å². The first kappa shape index (κ1) is 18.1. The maximum Gasteiger partial charge on any atom is 0.243 e. The van der Waals surface area contributed by atoms with Crippen molar-refractivity contribution in [2.75, 3.05) is 26.2 Å². The van der Waals surface area contributed by atoms with Crippen molar-refractivity contribution in [1.82, 2.24) is 9.62 Å². The van der Waals surface area contributed by atoms with Crippen LogP contribution in [0.25, 0.3) is 0 Å². The second-order valence-corrected chi connectivity index (χ2v) is 7.30. The summed E-state index contributed by atoms with van der Waals surface area (Å²) in [5.41, 5.74) is 0.128. The van der Waals surface area contributed by atoms with Crippen LogP contribution >= 0.6 is 0 Å². The lowest BCUT2D eigenvalue weighted by atomic mass is 10.0. The number of hydrogen-bond acceptors (Lipinski definition) is 5. The summed E-state index contributed by atoms with van der Waals surface area (Å²) in [5.74, 6) is 0. The van der Waals surface area contributed by atoms with Gasteiger partial charge in [-0.2, -0.15) is 4.31 Å². The van der Waals surface area contributed by atoms with Gasteiger partial charge in [-0.05, 0) is 12.1 Å². The molecule has 2 aliphatic heterocycles. The number of aldehydes is 1. The maximum absolute atomic E-state index is 12.6. The van der Waals surface area contributed by atoms with Crippen LogP contribution < -0.4 is 5.32 Å². The molecule has 0 unspecified atom stereocenters. The van der Waals surface area contributed by atoms with Gasteiger partial charge in [0.15, 0.2) is 0 Å². The van der Waals surface area contributed by atoms with Crippen molar-refractivity contribution in [3.05, 3.63) is 29.8 Å². The van der Waals surface area contributed by atoms with E-state index in [4.69, 9.17) is 4.74 Å². The van der Waals surface area contributed by atoms with Crippen LogP contribution in [0.2, 0.25) is 0 Å². The summed E-state index contributed by atoms with van der Waals surface area (Å²) >= 11 is 0. The van der Waals surface area contributed by atoms with Gasteiger partial charge >= 0.3 is 0 Å². The van der Waals surface area contributed by atoms with Crippen LogP contribution in [0.15, 0.2) is 29.2 Å². The first-order valence-corrected chi connectivity index (χ1v) is 9.44. The van der Waals surface area contributed by atoms with Crippen LogP contribution in [0.1, 0.15) is 37.0 Å². The normalized spacial score (nSPS) is 20.8. The molecule has 0 aromatic heterocycles. The van der Waals surface area contributed by atoms with E-state index in [9.17, 15) is 13.2 Å². The van der Waals surface area contributed by atoms with Gasteiger partial charge in [0.25, 0.3) is 0 Å². The smallest absolute Gasteiger partial charge is 0.243 e. The molecule has 2 heterocycles. The van der Waals surface area contributed by atoms with Crippen LogP contribution in [0.4, 0.5) is 0 Å². The number of piperidine rings is 1. The van der Waals surface area contributed by atoms with E-state index in [1.807, 2.05) is 13.8 Å². The molecule has 1 aromatic rings. The van der Waals surface area contributed by atoms with E-state index in [0.29, 0.717) is 44.4 Å². The highest BCUT2D eigenvalue weighted by atomic mass is 32.2. The van der Waals surface area contributed by atoms with E-state index in [1.165, 1.54) is 28.6 Å². The van der Waals surface area contributed by atoms with Gasteiger partial charge in [0.2, 0.25) is 10.0 Å². The van der Waals surface area contributed by atoms with Crippen molar-refractivity contribution in [3.8, 4) is 0 Å². The van der Waals surface area contributed by atoms with Crippen molar-refractivity contribution >= 4 is 16.3 Å². The summed E-state index contributed by atoms with van der Waals surface area (Å²) < 4.78 is 32.3. The van der Waals surface area contributed by atoms with E-state index in [2.05, 4.69) is 5.32 Å². The molecule has 23 heavy (non-hydrogen) atoms. The van der Waals surface area contributed by atoms with Crippen molar-refractivity contribution < 1.29 is 17.9 Å². The number of sulfonamides is 1. The largest absolute Gasteiger partial charge is 0.359 e. The fraction of sp³-hybridized carbons (Fsp3) is 0.562. The third-order valence-corrected chi connectivity index (χ3v) is 6.02. The molecule has 1 N–H and O–H groups in total. The minimum atomic E-state index is -3.50. The van der Waals surface area contributed by atoms with Gasteiger partial charge in [0, 0.05) is 38.0 Å². The maximum atomic E-state index is 12.6. The number of nitrogens with zero attached hydrogens (tertiary/aromatic N) is 1. The van der Waals surface area contributed by atoms with Gasteiger partial charge in [-0.15, -0.1) is 0 Å². The van der Waals surface area contributed by atoms with Gasteiger partial charge in [0.1, 0.15) is 12.0 Å². The third-order valence-electron chi connectivity index (χ3n) is 4.11. The standard InChI is InChI=1S/C14H18N2O4S.C2H6/c17-11-12-1-3-13(4-2-12)21(18,19)16-8-5-14(6-9-16)15-7-10-20-14;1-2/h1-4,11,15H,5-10H2;1-2H3. The van der Waals surface area contributed by atoms with Crippen molar-refractivity contribution in [2.45, 2.75) is 37.3 Å². The molecular formula is C16H24N2O4S. The van der Waals surface area contributed by atoms with Gasteiger partial charge < -0.3 is 4.74 Å². The molecule has 1 spiro atoms. The predicted octanol–water partition coefficient (Wildman–Crippen LogP) is 1.63. The Hall–Kier alpha value is -1.28. The Labute approximate surface area is 137 Å². The van der Waals surface area contributed by atoms with E-state index in [1.54, 1.807) is 0 Å². The van der Waals surface area contributed by atoms with E-state index >= 15 is 0 Å². The zero-order valence-corrected chi connectivity index (χ0v) is 14.4. The first-order valence-electron chi connectivity index (χ1n) is 8.00. The number of rotatable bonds is 3. The molecule has 3 rings (SSSR count). The number of carbonyl (C=O) groups is 1. The molecule has 0 atom stereocenters. The molecule has 0 radical (unpaired) electrons. The highest BCUT2D eigenvalue weighted by Gasteiger charge is 2.41. The monoisotopic (exact) mass is 340 g/mol. The fourth-order valence-corrected chi connectivity index (χ4v) is 4.29. The number of ether oxygens (including phenoxy) is 1. The minimum Gasteiger partial charge on any atom is -0.359 e. The zero-order valence-electron chi connectivity index (χ0n) is 13.6. The van der Waals surface area contributed by atoms with Gasteiger partial charge in [-0.1, -0.05) is 26.0 Å². The quantitative estimate of drug-likeness (QED) is 0.847. The minimum absolute atomic E-state index is 0.226. The summed E-state index contributed by atoms with van der Waals surface area (Å²) in [6, 6.07) is 6.00. The molecule has 0 amide bonds. The third kappa shape index (κ3) is 3.80. The first-order chi connectivity index (χ1) is 11.1. The Balaban J connectivity index is 0.000000924.